The summed E-state index contributed by atoms with van der Waals surface area (Å²) in [6.07, 6.45) is -1.92. The van der Waals surface area contributed by atoms with Gasteiger partial charge in [0.2, 0.25) is 5.71 Å². The number of rotatable bonds is 3. The highest BCUT2D eigenvalue weighted by Crippen LogP contribution is 2.08. The lowest BCUT2D eigenvalue weighted by atomic mass is 10.1. The van der Waals surface area contributed by atoms with Gasteiger partial charge < -0.3 is 14.3 Å². The topological polar surface area (TPSA) is 121 Å². The summed E-state index contributed by atoms with van der Waals surface area (Å²) in [4.78, 5) is 46.9. The minimum absolute atomic E-state index is 0.00346. The maximum absolute atomic E-state index is 12.1. The van der Waals surface area contributed by atoms with E-state index in [1.54, 1.807) is 0 Å². The van der Waals surface area contributed by atoms with E-state index < -0.39 is 28.9 Å². The van der Waals surface area contributed by atoms with Crippen molar-refractivity contribution in [2.75, 3.05) is 7.11 Å². The fourth-order valence-electron chi connectivity index (χ4n) is 2.05. The number of esters is 1. The molecule has 2 aromatic rings. The number of aliphatic hydroxyl groups is 1. The van der Waals surface area contributed by atoms with E-state index in [4.69, 9.17) is 4.42 Å². The van der Waals surface area contributed by atoms with Crippen molar-refractivity contribution in [1.82, 2.24) is 9.13 Å². The van der Waals surface area contributed by atoms with Gasteiger partial charge in [0.05, 0.1) is 7.11 Å². The van der Waals surface area contributed by atoms with E-state index in [2.05, 4.69) is 4.74 Å². The summed E-state index contributed by atoms with van der Waals surface area (Å²) >= 11 is 0. The highest BCUT2D eigenvalue weighted by molar-refractivity contribution is 5.75. The van der Waals surface area contributed by atoms with Gasteiger partial charge in [-0.25, -0.2) is 14.4 Å². The van der Waals surface area contributed by atoms with E-state index in [0.717, 1.165) is 16.2 Å². The Labute approximate surface area is 123 Å². The van der Waals surface area contributed by atoms with Gasteiger partial charge in [-0.2, -0.15) is 0 Å². The first kappa shape index (κ1) is 15.7. The number of carbonyl (C=O) groups is 1. The number of ether oxygens (including phenoxy) is 1. The lowest BCUT2D eigenvalue weighted by Gasteiger charge is -2.09. The second-order valence-corrected chi connectivity index (χ2v) is 4.73. The Balaban J connectivity index is 2.68. The van der Waals surface area contributed by atoms with Crippen molar-refractivity contribution in [1.29, 1.82) is 0 Å². The molecular formula is C13H14N2O7. The molecular weight excluding hydrogens is 296 g/mol. The summed E-state index contributed by atoms with van der Waals surface area (Å²) in [5.74, 6) is -0.909. The number of hydrogen-bond acceptors (Lipinski definition) is 7. The van der Waals surface area contributed by atoms with Gasteiger partial charge in [-0.05, 0) is 6.07 Å². The predicted molar refractivity (Wildman–Crippen MR) is 74.7 cm³/mol. The van der Waals surface area contributed by atoms with Crippen molar-refractivity contribution in [2.45, 2.75) is 12.5 Å². The Bertz CT molecular complexity index is 919. The largest absolute Gasteiger partial charge is 0.467 e. The van der Waals surface area contributed by atoms with Crippen LogP contribution < -0.4 is 16.9 Å². The zero-order valence-corrected chi connectivity index (χ0v) is 12.2. The average Bonchev–Trinajstić information content (AvgIpc) is 2.51. The van der Waals surface area contributed by atoms with Crippen LogP contribution in [0.2, 0.25) is 0 Å². The van der Waals surface area contributed by atoms with Gasteiger partial charge in [0.1, 0.15) is 5.39 Å². The molecule has 1 N–H and O–H groups in total. The third kappa shape index (κ3) is 2.46. The van der Waals surface area contributed by atoms with Crippen molar-refractivity contribution in [2.24, 2.45) is 14.1 Å². The Kier molecular flexibility index (Phi) is 4.00. The first-order chi connectivity index (χ1) is 10.3. The summed E-state index contributed by atoms with van der Waals surface area (Å²) in [7, 11) is 3.74. The van der Waals surface area contributed by atoms with Gasteiger partial charge in [-0.3, -0.25) is 13.9 Å². The normalized spacial score (nSPS) is 12.4. The monoisotopic (exact) mass is 310 g/mol. The number of fused-ring (bicyclic) bond motifs is 1. The molecule has 2 rings (SSSR count). The van der Waals surface area contributed by atoms with Crippen LogP contribution in [0.5, 0.6) is 0 Å². The van der Waals surface area contributed by atoms with Crippen LogP contribution in [0.1, 0.15) is 5.56 Å². The molecule has 0 aliphatic carbocycles. The molecule has 9 heteroatoms. The lowest BCUT2D eigenvalue weighted by molar-refractivity contribution is -0.150. The minimum Gasteiger partial charge on any atom is -0.467 e. The summed E-state index contributed by atoms with van der Waals surface area (Å²) in [5, 5.41) is 9.59. The van der Waals surface area contributed by atoms with Gasteiger partial charge in [-0.1, -0.05) is 0 Å². The molecule has 9 nitrogen and oxygen atoms in total. The second-order valence-electron chi connectivity index (χ2n) is 4.73. The smallest absolute Gasteiger partial charge is 0.340 e. The Morgan fingerprint density at radius 2 is 1.95 bits per heavy atom. The molecule has 0 spiro atoms. The molecule has 0 saturated carbocycles. The number of methoxy groups -OCH3 is 1. The van der Waals surface area contributed by atoms with Crippen molar-refractivity contribution in [3.05, 3.63) is 42.9 Å². The molecule has 0 fully saturated rings. The SMILES string of the molecule is COC(=O)C(O)Cc1cc2c(=O)n(C)c(=O)n(C)c2oc1=O. The van der Waals surface area contributed by atoms with E-state index in [9.17, 15) is 24.3 Å². The van der Waals surface area contributed by atoms with Crippen molar-refractivity contribution in [3.63, 3.8) is 0 Å². The summed E-state index contributed by atoms with van der Waals surface area (Å²) in [6, 6.07) is 1.20. The molecule has 0 amide bonds. The molecule has 0 saturated heterocycles. The molecule has 1 unspecified atom stereocenters. The third-order valence-corrected chi connectivity index (χ3v) is 3.30. The van der Waals surface area contributed by atoms with E-state index in [1.807, 2.05) is 0 Å². The fraction of sp³-hybridized carbons (Fsp3) is 0.385. The van der Waals surface area contributed by atoms with Crippen molar-refractivity contribution < 1.29 is 19.1 Å². The second kappa shape index (κ2) is 5.60. The summed E-state index contributed by atoms with van der Waals surface area (Å²) in [5.41, 5.74) is -2.37. The Morgan fingerprint density at radius 3 is 2.55 bits per heavy atom. The predicted octanol–water partition coefficient (Wildman–Crippen LogP) is -1.73. The van der Waals surface area contributed by atoms with Gasteiger partial charge in [0, 0.05) is 26.1 Å². The van der Waals surface area contributed by atoms with Gasteiger partial charge in [0.25, 0.3) is 5.56 Å². The maximum atomic E-state index is 12.1. The first-order valence-electron chi connectivity index (χ1n) is 6.26. The molecule has 0 aliphatic rings. The van der Waals surface area contributed by atoms with Gasteiger partial charge in [0.15, 0.2) is 6.10 Å². The van der Waals surface area contributed by atoms with Crippen LogP contribution in [-0.4, -0.2) is 33.4 Å². The average molecular weight is 310 g/mol. The molecule has 0 bridgehead atoms. The maximum Gasteiger partial charge on any atom is 0.340 e. The Morgan fingerprint density at radius 1 is 1.32 bits per heavy atom. The third-order valence-electron chi connectivity index (χ3n) is 3.30. The highest BCUT2D eigenvalue weighted by Gasteiger charge is 2.20. The quantitative estimate of drug-likeness (QED) is 0.668. The van der Waals surface area contributed by atoms with E-state index in [-0.39, 0.29) is 23.1 Å². The number of carbonyl (C=O) groups excluding carboxylic acids is 1. The lowest BCUT2D eigenvalue weighted by Crippen LogP contribution is -2.37. The first-order valence-corrected chi connectivity index (χ1v) is 6.26. The molecule has 0 radical (unpaired) electrons. The fourth-order valence-corrected chi connectivity index (χ4v) is 2.05. The van der Waals surface area contributed by atoms with Crippen LogP contribution in [0.15, 0.2) is 24.9 Å². The molecule has 0 aliphatic heterocycles. The standard InChI is InChI=1S/C13H14N2O7/c1-14-9(17)7-4-6(5-8(16)12(19)21-3)11(18)22-10(7)15(2)13(14)20/h4,8,16H,5H2,1-3H3. The Hall–Kier alpha value is -2.68. The summed E-state index contributed by atoms with van der Waals surface area (Å²) < 4.78 is 11.2. The number of aryl methyl sites for hydroxylation is 1. The minimum atomic E-state index is -1.55. The number of hydrogen-bond donors (Lipinski definition) is 1. The van der Waals surface area contributed by atoms with E-state index in [1.165, 1.54) is 20.2 Å². The van der Waals surface area contributed by atoms with E-state index in [0.29, 0.717) is 0 Å². The highest BCUT2D eigenvalue weighted by atomic mass is 16.5. The molecule has 22 heavy (non-hydrogen) atoms. The summed E-state index contributed by atoms with van der Waals surface area (Å²) in [6.45, 7) is 0. The van der Waals surface area contributed by atoms with E-state index >= 15 is 0 Å². The van der Waals surface area contributed by atoms with Gasteiger partial charge in [-0.15, -0.1) is 0 Å². The van der Waals surface area contributed by atoms with Crippen LogP contribution in [-0.2, 0) is 30.0 Å². The molecule has 0 aromatic carbocycles. The van der Waals surface area contributed by atoms with Gasteiger partial charge >= 0.3 is 17.3 Å². The van der Waals surface area contributed by atoms with Crippen molar-refractivity contribution in [3.8, 4) is 0 Å². The zero-order valence-electron chi connectivity index (χ0n) is 12.2. The molecule has 1 atom stereocenters. The van der Waals surface area contributed by atoms with Crippen molar-refractivity contribution >= 4 is 17.1 Å². The van der Waals surface area contributed by atoms with Crippen LogP contribution in [0.4, 0.5) is 0 Å². The van der Waals surface area contributed by atoms with Crippen LogP contribution in [0.25, 0.3) is 11.1 Å². The number of aromatic nitrogens is 2. The van der Waals surface area contributed by atoms with Crippen LogP contribution in [0.3, 0.4) is 0 Å². The van der Waals surface area contributed by atoms with Crippen LogP contribution in [0, 0.1) is 0 Å². The number of aliphatic hydroxyl groups excluding tert-OH is 1. The zero-order chi connectivity index (χ0) is 16.6. The molecule has 2 heterocycles. The molecule has 2 aromatic heterocycles. The number of nitrogens with zero attached hydrogens (tertiary/aromatic N) is 2. The molecule has 118 valence electrons. The van der Waals surface area contributed by atoms with Crippen LogP contribution >= 0.6 is 0 Å².